The maximum atomic E-state index is 12.8. The number of nitrogen functional groups attached to an aromatic ring is 1. The van der Waals surface area contributed by atoms with Crippen LogP contribution in [0.2, 0.25) is 0 Å². The minimum absolute atomic E-state index is 0.0233. The number of nitrogens with zero attached hydrogens (tertiary/aromatic N) is 5. The predicted octanol–water partition coefficient (Wildman–Crippen LogP) is 2.52. The maximum Gasteiger partial charge on any atom is 0.260 e. The number of anilines is 2. The molecule has 0 aromatic carbocycles. The molecule has 0 radical (unpaired) electrons. The second kappa shape index (κ2) is 6.98. The summed E-state index contributed by atoms with van der Waals surface area (Å²) in [6, 6.07) is 1.68. The molecule has 10 heteroatoms. The molecule has 4 N–H and O–H groups in total. The smallest absolute Gasteiger partial charge is 0.260 e. The number of aromatic nitrogens is 5. The van der Waals surface area contributed by atoms with Gasteiger partial charge in [-0.3, -0.25) is 14.5 Å². The van der Waals surface area contributed by atoms with Gasteiger partial charge in [-0.2, -0.15) is 10.2 Å². The summed E-state index contributed by atoms with van der Waals surface area (Å²) in [5, 5.41) is 21.0. The molecule has 9 nitrogen and oxygen atoms in total. The zero-order chi connectivity index (χ0) is 20.8. The maximum absolute atomic E-state index is 12.8. The van der Waals surface area contributed by atoms with Crippen molar-refractivity contribution in [3.8, 4) is 10.4 Å². The van der Waals surface area contributed by atoms with E-state index in [1.165, 1.54) is 17.5 Å². The summed E-state index contributed by atoms with van der Waals surface area (Å²) >= 11 is 1.44. The average molecular weight is 411 g/mol. The Morgan fingerprint density at radius 3 is 2.83 bits per heavy atom. The van der Waals surface area contributed by atoms with Crippen LogP contribution in [0.3, 0.4) is 0 Å². The summed E-state index contributed by atoms with van der Waals surface area (Å²) in [6.07, 6.45) is 8.57. The van der Waals surface area contributed by atoms with Gasteiger partial charge in [-0.1, -0.05) is 0 Å². The highest BCUT2D eigenvalue weighted by atomic mass is 32.1. The third-order valence-electron chi connectivity index (χ3n) is 4.67. The van der Waals surface area contributed by atoms with Crippen LogP contribution in [0.15, 0.2) is 37.1 Å². The Hall–Kier alpha value is -3.24. The van der Waals surface area contributed by atoms with E-state index in [1.807, 2.05) is 26.2 Å². The Balaban J connectivity index is 1.64. The van der Waals surface area contributed by atoms with Gasteiger partial charge in [-0.25, -0.2) is 4.52 Å². The van der Waals surface area contributed by atoms with Crippen LogP contribution in [0.5, 0.6) is 0 Å². The highest BCUT2D eigenvalue weighted by Crippen LogP contribution is 2.31. The van der Waals surface area contributed by atoms with Gasteiger partial charge in [0, 0.05) is 18.0 Å². The van der Waals surface area contributed by atoms with Crippen LogP contribution < -0.4 is 11.1 Å². The molecule has 0 fully saturated rings. The van der Waals surface area contributed by atoms with Crippen LogP contribution in [0, 0.1) is 6.92 Å². The molecule has 4 aromatic heterocycles. The predicted molar refractivity (Wildman–Crippen MR) is 112 cm³/mol. The summed E-state index contributed by atoms with van der Waals surface area (Å²) in [5.41, 5.74) is 8.36. The molecule has 0 aliphatic heterocycles. The minimum atomic E-state index is -0.496. The Bertz CT molecular complexity index is 1200. The Labute approximate surface area is 170 Å². The Kier molecular flexibility index (Phi) is 4.59. The summed E-state index contributed by atoms with van der Waals surface area (Å²) in [5.74, 6) is -0.277. The molecule has 0 saturated heterocycles. The lowest BCUT2D eigenvalue weighted by atomic mass is 10.1. The lowest BCUT2D eigenvalue weighted by Gasteiger charge is -2.21. The van der Waals surface area contributed by atoms with Crippen molar-refractivity contribution in [3.05, 3.63) is 48.3 Å². The molecule has 150 valence electrons. The van der Waals surface area contributed by atoms with Crippen molar-refractivity contribution in [2.75, 3.05) is 17.7 Å². The molecule has 4 aromatic rings. The van der Waals surface area contributed by atoms with Gasteiger partial charge in [0.15, 0.2) is 0 Å². The van der Waals surface area contributed by atoms with Gasteiger partial charge in [0.05, 0.1) is 58.2 Å². The van der Waals surface area contributed by atoms with E-state index >= 15 is 0 Å². The van der Waals surface area contributed by atoms with E-state index in [4.69, 9.17) is 5.73 Å². The van der Waals surface area contributed by atoms with E-state index in [1.54, 1.807) is 34.6 Å². The number of aliphatic hydroxyl groups excluding tert-OH is 1. The van der Waals surface area contributed by atoms with Crippen LogP contribution in [-0.2, 0) is 5.54 Å². The third-order valence-corrected chi connectivity index (χ3v) is 5.83. The summed E-state index contributed by atoms with van der Waals surface area (Å²) in [7, 11) is 0. The van der Waals surface area contributed by atoms with E-state index in [9.17, 15) is 9.90 Å². The molecule has 29 heavy (non-hydrogen) atoms. The fraction of sp³-hybridized carbons (Fsp3) is 0.263. The number of carbonyl (C=O) groups excluding carboxylic acids is 1. The molecule has 0 unspecified atom stereocenters. The van der Waals surface area contributed by atoms with Crippen molar-refractivity contribution < 1.29 is 9.90 Å². The van der Waals surface area contributed by atoms with Crippen molar-refractivity contribution in [1.29, 1.82) is 0 Å². The number of fused-ring (bicyclic) bond motifs is 1. The first-order valence-electron chi connectivity index (χ1n) is 8.95. The third kappa shape index (κ3) is 3.47. The normalized spacial score (nSPS) is 11.9. The number of rotatable bonds is 5. The topological polar surface area (TPSA) is 123 Å². The number of aryl methyl sites for hydroxylation is 1. The SMILES string of the molecule is Cc1ncc(N)cc1NC(=O)c1cnn2cc(-c3cnn(C(C)(C)CO)c3)sc12. The number of hydrogen-bond donors (Lipinski definition) is 3. The zero-order valence-electron chi connectivity index (χ0n) is 16.2. The number of hydrogen-bond acceptors (Lipinski definition) is 7. The first kappa shape index (κ1) is 19.1. The first-order chi connectivity index (χ1) is 13.8. The summed E-state index contributed by atoms with van der Waals surface area (Å²) < 4.78 is 3.40. The minimum Gasteiger partial charge on any atom is -0.397 e. The first-order valence-corrected chi connectivity index (χ1v) is 9.77. The van der Waals surface area contributed by atoms with Gasteiger partial charge in [0.1, 0.15) is 4.83 Å². The van der Waals surface area contributed by atoms with Crippen molar-refractivity contribution in [3.63, 3.8) is 0 Å². The molecule has 1 amide bonds. The fourth-order valence-corrected chi connectivity index (χ4v) is 3.83. The fourth-order valence-electron chi connectivity index (χ4n) is 2.79. The van der Waals surface area contributed by atoms with Crippen molar-refractivity contribution >= 4 is 33.4 Å². The van der Waals surface area contributed by atoms with E-state index in [2.05, 4.69) is 20.5 Å². The number of nitrogens with two attached hydrogens (primary N) is 1. The molecule has 0 spiro atoms. The van der Waals surface area contributed by atoms with E-state index in [-0.39, 0.29) is 12.5 Å². The molecule has 4 heterocycles. The zero-order valence-corrected chi connectivity index (χ0v) is 17.1. The monoisotopic (exact) mass is 411 g/mol. The second-order valence-corrected chi connectivity index (χ2v) is 8.43. The largest absolute Gasteiger partial charge is 0.397 e. The second-order valence-electron chi connectivity index (χ2n) is 7.40. The summed E-state index contributed by atoms with van der Waals surface area (Å²) in [4.78, 5) is 18.6. The van der Waals surface area contributed by atoms with Crippen LogP contribution >= 0.6 is 11.3 Å². The molecule has 0 bridgehead atoms. The van der Waals surface area contributed by atoms with Crippen LogP contribution in [0.4, 0.5) is 11.4 Å². The van der Waals surface area contributed by atoms with Crippen LogP contribution in [0.1, 0.15) is 29.9 Å². The van der Waals surface area contributed by atoms with E-state index in [0.717, 1.165) is 15.3 Å². The van der Waals surface area contributed by atoms with E-state index < -0.39 is 5.54 Å². The van der Waals surface area contributed by atoms with E-state index in [0.29, 0.717) is 22.6 Å². The van der Waals surface area contributed by atoms with Crippen LogP contribution in [-0.4, -0.2) is 42.0 Å². The Morgan fingerprint density at radius 2 is 2.07 bits per heavy atom. The molecule has 0 saturated carbocycles. The number of thiazole rings is 1. The highest BCUT2D eigenvalue weighted by molar-refractivity contribution is 7.21. The Morgan fingerprint density at radius 1 is 1.28 bits per heavy atom. The van der Waals surface area contributed by atoms with Gasteiger partial charge in [-0.15, -0.1) is 11.3 Å². The lowest BCUT2D eigenvalue weighted by Crippen LogP contribution is -2.30. The molecule has 0 atom stereocenters. The van der Waals surface area contributed by atoms with Gasteiger partial charge in [0.2, 0.25) is 0 Å². The van der Waals surface area contributed by atoms with Crippen LogP contribution in [0.25, 0.3) is 15.3 Å². The van der Waals surface area contributed by atoms with Crippen molar-refractivity contribution in [2.24, 2.45) is 0 Å². The summed E-state index contributed by atoms with van der Waals surface area (Å²) in [6.45, 7) is 5.59. The number of carbonyl (C=O) groups is 1. The van der Waals surface area contributed by atoms with Gasteiger partial charge < -0.3 is 16.2 Å². The van der Waals surface area contributed by atoms with Crippen molar-refractivity contribution in [1.82, 2.24) is 24.4 Å². The molecule has 4 rings (SSSR count). The number of aliphatic hydroxyl groups is 1. The van der Waals surface area contributed by atoms with Gasteiger partial charge in [-0.05, 0) is 26.8 Å². The number of pyridine rings is 1. The number of amides is 1. The quantitative estimate of drug-likeness (QED) is 0.464. The molecule has 0 aliphatic carbocycles. The molecular formula is C19H21N7O2S. The molecule has 0 aliphatic rings. The van der Waals surface area contributed by atoms with Crippen molar-refractivity contribution in [2.45, 2.75) is 26.3 Å². The van der Waals surface area contributed by atoms with Gasteiger partial charge in [0.25, 0.3) is 5.91 Å². The average Bonchev–Trinajstić information content (AvgIpc) is 3.39. The van der Waals surface area contributed by atoms with Gasteiger partial charge >= 0.3 is 0 Å². The lowest BCUT2D eigenvalue weighted by molar-refractivity contribution is 0.102. The number of nitrogens with one attached hydrogen (secondary N) is 1. The highest BCUT2D eigenvalue weighted by Gasteiger charge is 2.22. The molecular weight excluding hydrogens is 390 g/mol. The standard InChI is InChI=1S/C19H21N7O2S/c1-11-15(4-13(20)6-21-11)24-17(28)14-7-22-25-9-16(29-18(14)25)12-5-23-26(8-12)19(2,3)10-27/h4-9,27H,10,20H2,1-3H3,(H,24,28).